The second kappa shape index (κ2) is 8.92. The van der Waals surface area contributed by atoms with E-state index in [2.05, 4.69) is 65.0 Å². The summed E-state index contributed by atoms with van der Waals surface area (Å²) in [4.78, 5) is 2.08. The lowest BCUT2D eigenvalue weighted by Crippen LogP contribution is -2.07. The molecule has 0 unspecified atom stereocenters. The topological polar surface area (TPSA) is 41.1 Å². The van der Waals surface area contributed by atoms with Gasteiger partial charge in [-0.25, -0.2) is 0 Å². The van der Waals surface area contributed by atoms with Crippen molar-refractivity contribution in [2.45, 2.75) is 19.8 Å². The van der Waals surface area contributed by atoms with Crippen LogP contribution in [0.2, 0.25) is 0 Å². The fourth-order valence-corrected chi connectivity index (χ4v) is 2.69. The first-order valence-corrected chi connectivity index (χ1v) is 8.47. The molecule has 0 atom stereocenters. The Bertz CT molecular complexity index is 746. The average Bonchev–Trinajstić information content (AvgIpc) is 3.11. The van der Waals surface area contributed by atoms with Crippen LogP contribution < -0.4 is 4.90 Å². The summed E-state index contributed by atoms with van der Waals surface area (Å²) in [6, 6.07) is 10.5. The number of hydrogen-bond donors (Lipinski definition) is 1. The standard InChI is InChI=1S/C21H27N3O/c1-6-8-9-10-18(21(7-2)25-5)20-15-19(22-23-20)16-11-13-17(14-12-16)24(3)4/h6,8-9,11-15H,1,7,10H2,2-5H3,(H,22,23)/b9-8-,21-18-. The molecule has 0 bridgehead atoms. The molecule has 1 N–H and O–H groups in total. The molecular formula is C21H27N3O. The van der Waals surface area contributed by atoms with Gasteiger partial charge in [-0.1, -0.05) is 43.9 Å². The number of methoxy groups -OCH3 is 1. The second-order valence-electron chi connectivity index (χ2n) is 5.94. The number of H-pyrrole nitrogens is 1. The minimum absolute atomic E-state index is 0.768. The van der Waals surface area contributed by atoms with Gasteiger partial charge in [-0.05, 0) is 24.6 Å². The number of aromatic amines is 1. The van der Waals surface area contributed by atoms with Gasteiger partial charge in [0.2, 0.25) is 0 Å². The summed E-state index contributed by atoms with van der Waals surface area (Å²) < 4.78 is 5.57. The summed E-state index contributed by atoms with van der Waals surface area (Å²) in [6.07, 6.45) is 7.40. The SMILES string of the molecule is C=C/C=C\C/C(=C(\CC)OC)c1cc(-c2ccc(N(C)C)cc2)n[nH]1. The third kappa shape index (κ3) is 4.63. The van der Waals surface area contributed by atoms with E-state index in [0.717, 1.165) is 41.1 Å². The minimum Gasteiger partial charge on any atom is -0.501 e. The summed E-state index contributed by atoms with van der Waals surface area (Å²) in [5.74, 6) is 0.965. The number of benzene rings is 1. The van der Waals surface area contributed by atoms with E-state index in [1.54, 1.807) is 13.2 Å². The van der Waals surface area contributed by atoms with Crippen molar-refractivity contribution in [2.75, 3.05) is 26.1 Å². The van der Waals surface area contributed by atoms with Gasteiger partial charge in [0.25, 0.3) is 0 Å². The Labute approximate surface area is 150 Å². The van der Waals surface area contributed by atoms with Crippen LogP contribution in [0.3, 0.4) is 0 Å². The molecule has 1 aromatic carbocycles. The van der Waals surface area contributed by atoms with Gasteiger partial charge in [-0.15, -0.1) is 0 Å². The normalized spacial score (nSPS) is 12.2. The second-order valence-corrected chi connectivity index (χ2v) is 5.94. The quantitative estimate of drug-likeness (QED) is 0.542. The number of rotatable bonds is 8. The molecule has 2 aromatic rings. The molecule has 0 aliphatic heterocycles. The predicted octanol–water partition coefficient (Wildman–Crippen LogP) is 5.04. The van der Waals surface area contributed by atoms with E-state index in [-0.39, 0.29) is 0 Å². The van der Waals surface area contributed by atoms with Gasteiger partial charge in [0.1, 0.15) is 5.76 Å². The molecule has 25 heavy (non-hydrogen) atoms. The zero-order chi connectivity index (χ0) is 18.2. The number of nitrogens with zero attached hydrogens (tertiary/aromatic N) is 2. The van der Waals surface area contributed by atoms with Gasteiger partial charge < -0.3 is 9.64 Å². The third-order valence-electron chi connectivity index (χ3n) is 4.08. The van der Waals surface area contributed by atoms with Gasteiger partial charge in [0.15, 0.2) is 0 Å². The first-order valence-electron chi connectivity index (χ1n) is 8.47. The summed E-state index contributed by atoms with van der Waals surface area (Å²) in [5.41, 5.74) is 5.29. The van der Waals surface area contributed by atoms with Crippen molar-refractivity contribution in [1.82, 2.24) is 10.2 Å². The molecule has 1 aromatic heterocycles. The Hall–Kier alpha value is -2.75. The summed E-state index contributed by atoms with van der Waals surface area (Å²) in [6.45, 7) is 5.81. The highest BCUT2D eigenvalue weighted by Crippen LogP contribution is 2.28. The van der Waals surface area contributed by atoms with Gasteiger partial charge in [-0.2, -0.15) is 5.10 Å². The van der Waals surface area contributed by atoms with Crippen LogP contribution in [0.15, 0.2) is 60.9 Å². The van der Waals surface area contributed by atoms with E-state index in [1.165, 1.54) is 5.69 Å². The monoisotopic (exact) mass is 337 g/mol. The summed E-state index contributed by atoms with van der Waals surface area (Å²) in [5, 5.41) is 7.65. The molecule has 132 valence electrons. The van der Waals surface area contributed by atoms with E-state index in [0.29, 0.717) is 0 Å². The fraction of sp³-hybridized carbons (Fsp3) is 0.286. The maximum Gasteiger partial charge on any atom is 0.101 e. The molecule has 4 heteroatoms. The lowest BCUT2D eigenvalue weighted by molar-refractivity contribution is 0.282. The fourth-order valence-electron chi connectivity index (χ4n) is 2.69. The van der Waals surface area contributed by atoms with Crippen molar-refractivity contribution in [3.8, 4) is 11.3 Å². The molecule has 0 amide bonds. The average molecular weight is 337 g/mol. The Morgan fingerprint density at radius 3 is 2.56 bits per heavy atom. The highest BCUT2D eigenvalue weighted by Gasteiger charge is 2.12. The van der Waals surface area contributed by atoms with Crippen LogP contribution in [0.5, 0.6) is 0 Å². The van der Waals surface area contributed by atoms with Crippen molar-refractivity contribution >= 4 is 11.3 Å². The van der Waals surface area contributed by atoms with Crippen molar-refractivity contribution in [2.24, 2.45) is 0 Å². The molecule has 1 heterocycles. The lowest BCUT2D eigenvalue weighted by Gasteiger charge is -2.12. The molecule has 0 saturated carbocycles. The van der Waals surface area contributed by atoms with Crippen LogP contribution in [0.25, 0.3) is 16.8 Å². The lowest BCUT2D eigenvalue weighted by atomic mass is 10.0. The van der Waals surface area contributed by atoms with Crippen LogP contribution >= 0.6 is 0 Å². The largest absolute Gasteiger partial charge is 0.501 e. The van der Waals surface area contributed by atoms with Crippen LogP contribution in [-0.4, -0.2) is 31.4 Å². The van der Waals surface area contributed by atoms with E-state index in [9.17, 15) is 0 Å². The number of allylic oxidation sites excluding steroid dienone is 5. The smallest absolute Gasteiger partial charge is 0.101 e. The van der Waals surface area contributed by atoms with Gasteiger partial charge in [0, 0.05) is 37.3 Å². The molecule has 2 rings (SSSR count). The Morgan fingerprint density at radius 1 is 1.28 bits per heavy atom. The zero-order valence-electron chi connectivity index (χ0n) is 15.5. The van der Waals surface area contributed by atoms with E-state index >= 15 is 0 Å². The summed E-state index contributed by atoms with van der Waals surface area (Å²) in [7, 11) is 5.78. The maximum absolute atomic E-state index is 5.57. The van der Waals surface area contributed by atoms with E-state index < -0.39 is 0 Å². The highest BCUT2D eigenvalue weighted by molar-refractivity contribution is 5.71. The number of nitrogens with one attached hydrogen (secondary N) is 1. The van der Waals surface area contributed by atoms with Gasteiger partial charge in [0.05, 0.1) is 18.5 Å². The molecule has 0 spiro atoms. The number of ether oxygens (including phenoxy) is 1. The Morgan fingerprint density at radius 2 is 2.00 bits per heavy atom. The van der Waals surface area contributed by atoms with Crippen LogP contribution in [0.4, 0.5) is 5.69 Å². The highest BCUT2D eigenvalue weighted by atomic mass is 16.5. The molecule has 0 radical (unpaired) electrons. The maximum atomic E-state index is 5.57. The Kier molecular flexibility index (Phi) is 6.63. The Balaban J connectivity index is 2.34. The van der Waals surface area contributed by atoms with Crippen molar-refractivity contribution < 1.29 is 4.74 Å². The van der Waals surface area contributed by atoms with Crippen LogP contribution in [-0.2, 0) is 4.74 Å². The van der Waals surface area contributed by atoms with E-state index in [1.807, 2.05) is 20.2 Å². The van der Waals surface area contributed by atoms with E-state index in [4.69, 9.17) is 4.74 Å². The summed E-state index contributed by atoms with van der Waals surface area (Å²) >= 11 is 0. The molecular weight excluding hydrogens is 310 g/mol. The van der Waals surface area contributed by atoms with Crippen molar-refractivity contribution in [3.05, 3.63) is 66.6 Å². The van der Waals surface area contributed by atoms with Crippen molar-refractivity contribution in [1.29, 1.82) is 0 Å². The van der Waals surface area contributed by atoms with Crippen LogP contribution in [0, 0.1) is 0 Å². The molecule has 0 aliphatic rings. The molecule has 0 fully saturated rings. The minimum atomic E-state index is 0.768. The molecule has 0 aliphatic carbocycles. The predicted molar refractivity (Wildman–Crippen MR) is 107 cm³/mol. The van der Waals surface area contributed by atoms with Gasteiger partial charge in [-0.3, -0.25) is 5.10 Å². The van der Waals surface area contributed by atoms with Crippen LogP contribution in [0.1, 0.15) is 25.5 Å². The number of aromatic nitrogens is 2. The zero-order valence-corrected chi connectivity index (χ0v) is 15.5. The number of anilines is 1. The van der Waals surface area contributed by atoms with Crippen molar-refractivity contribution in [3.63, 3.8) is 0 Å². The van der Waals surface area contributed by atoms with Gasteiger partial charge >= 0.3 is 0 Å². The molecule has 0 saturated heterocycles. The first kappa shape index (κ1) is 18.6. The number of hydrogen-bond acceptors (Lipinski definition) is 3. The third-order valence-corrected chi connectivity index (χ3v) is 4.08. The first-order chi connectivity index (χ1) is 12.1. The molecule has 4 nitrogen and oxygen atoms in total.